The Labute approximate surface area is 113 Å². The van der Waals surface area contributed by atoms with E-state index in [-0.39, 0.29) is 0 Å². The van der Waals surface area contributed by atoms with Gasteiger partial charge in [-0.05, 0) is 40.5 Å². The molecular formula is C18H17N. The molecule has 0 aliphatic heterocycles. The maximum absolute atomic E-state index is 5.63. The van der Waals surface area contributed by atoms with Gasteiger partial charge in [0.2, 0.25) is 0 Å². The lowest BCUT2D eigenvalue weighted by Gasteiger charge is -2.06. The van der Waals surface area contributed by atoms with Crippen molar-refractivity contribution in [2.45, 2.75) is 13.5 Å². The molecule has 94 valence electrons. The molecule has 2 N–H and O–H groups in total. The Kier molecular flexibility index (Phi) is 3.06. The SMILES string of the molecule is Cc1ccc2cc(-c3ccc(CN)cc3)ccc2c1. The topological polar surface area (TPSA) is 26.0 Å². The average Bonchev–Trinajstić information content (AvgIpc) is 2.47. The Hall–Kier alpha value is -2.12. The van der Waals surface area contributed by atoms with E-state index in [1.54, 1.807) is 0 Å². The molecule has 0 radical (unpaired) electrons. The Morgan fingerprint density at radius 3 is 2.11 bits per heavy atom. The van der Waals surface area contributed by atoms with E-state index >= 15 is 0 Å². The summed E-state index contributed by atoms with van der Waals surface area (Å²) in [5, 5.41) is 2.58. The maximum Gasteiger partial charge on any atom is 0.0178 e. The maximum atomic E-state index is 5.63. The highest BCUT2D eigenvalue weighted by atomic mass is 14.5. The first-order valence-electron chi connectivity index (χ1n) is 6.56. The van der Waals surface area contributed by atoms with Gasteiger partial charge in [0.1, 0.15) is 0 Å². The fourth-order valence-electron chi connectivity index (χ4n) is 2.38. The van der Waals surface area contributed by atoms with Gasteiger partial charge in [0.15, 0.2) is 0 Å². The molecule has 0 atom stereocenters. The summed E-state index contributed by atoms with van der Waals surface area (Å²) < 4.78 is 0. The van der Waals surface area contributed by atoms with Crippen LogP contribution in [0.25, 0.3) is 21.9 Å². The van der Waals surface area contributed by atoms with Crippen molar-refractivity contribution in [2.75, 3.05) is 0 Å². The molecule has 3 aromatic rings. The molecule has 1 heteroatoms. The van der Waals surface area contributed by atoms with E-state index in [1.807, 2.05) is 0 Å². The Balaban J connectivity index is 2.06. The van der Waals surface area contributed by atoms with Gasteiger partial charge in [-0.1, -0.05) is 60.2 Å². The fourth-order valence-corrected chi connectivity index (χ4v) is 2.38. The summed E-state index contributed by atoms with van der Waals surface area (Å²) in [4.78, 5) is 0. The average molecular weight is 247 g/mol. The van der Waals surface area contributed by atoms with E-state index in [4.69, 9.17) is 5.73 Å². The molecule has 3 rings (SSSR count). The van der Waals surface area contributed by atoms with Gasteiger partial charge in [-0.2, -0.15) is 0 Å². The molecule has 0 spiro atoms. The second-order valence-electron chi connectivity index (χ2n) is 4.97. The number of nitrogens with two attached hydrogens (primary N) is 1. The molecule has 0 saturated heterocycles. The van der Waals surface area contributed by atoms with Crippen molar-refractivity contribution in [3.05, 3.63) is 71.8 Å². The smallest absolute Gasteiger partial charge is 0.0178 e. The summed E-state index contributed by atoms with van der Waals surface area (Å²) in [6, 6.07) is 21.6. The van der Waals surface area contributed by atoms with Crippen molar-refractivity contribution in [3.63, 3.8) is 0 Å². The lowest BCUT2D eigenvalue weighted by Crippen LogP contribution is -1.95. The normalized spacial score (nSPS) is 10.8. The lowest BCUT2D eigenvalue weighted by atomic mass is 9.99. The second-order valence-corrected chi connectivity index (χ2v) is 4.97. The van der Waals surface area contributed by atoms with E-state index in [9.17, 15) is 0 Å². The highest BCUT2D eigenvalue weighted by Crippen LogP contribution is 2.25. The monoisotopic (exact) mass is 247 g/mol. The van der Waals surface area contributed by atoms with Crippen LogP contribution in [-0.2, 0) is 6.54 Å². The molecule has 1 nitrogen and oxygen atoms in total. The third-order valence-electron chi connectivity index (χ3n) is 3.52. The number of hydrogen-bond acceptors (Lipinski definition) is 1. The van der Waals surface area contributed by atoms with Crippen LogP contribution in [0.4, 0.5) is 0 Å². The highest BCUT2D eigenvalue weighted by molar-refractivity contribution is 5.87. The quantitative estimate of drug-likeness (QED) is 0.719. The first kappa shape index (κ1) is 11.9. The van der Waals surface area contributed by atoms with Crippen LogP contribution in [-0.4, -0.2) is 0 Å². The Morgan fingerprint density at radius 1 is 0.737 bits per heavy atom. The predicted octanol–water partition coefficient (Wildman–Crippen LogP) is 4.27. The summed E-state index contributed by atoms with van der Waals surface area (Å²) in [7, 11) is 0. The van der Waals surface area contributed by atoms with Gasteiger partial charge in [-0.15, -0.1) is 0 Å². The van der Waals surface area contributed by atoms with Crippen LogP contribution in [0.1, 0.15) is 11.1 Å². The van der Waals surface area contributed by atoms with Crippen LogP contribution in [0.3, 0.4) is 0 Å². The van der Waals surface area contributed by atoms with E-state index in [1.165, 1.54) is 33.0 Å². The molecule has 0 aromatic heterocycles. The molecule has 0 unspecified atom stereocenters. The molecule has 3 aromatic carbocycles. The fraction of sp³-hybridized carbons (Fsp3) is 0.111. The number of rotatable bonds is 2. The van der Waals surface area contributed by atoms with Crippen molar-refractivity contribution >= 4 is 10.8 Å². The Bertz CT molecular complexity index is 711. The van der Waals surface area contributed by atoms with Crippen molar-refractivity contribution < 1.29 is 0 Å². The molecule has 0 heterocycles. The minimum atomic E-state index is 0.595. The lowest BCUT2D eigenvalue weighted by molar-refractivity contribution is 1.07. The number of aryl methyl sites for hydroxylation is 1. The summed E-state index contributed by atoms with van der Waals surface area (Å²) in [6.45, 7) is 2.72. The van der Waals surface area contributed by atoms with Gasteiger partial charge in [0.25, 0.3) is 0 Å². The van der Waals surface area contributed by atoms with Gasteiger partial charge in [-0.25, -0.2) is 0 Å². The van der Waals surface area contributed by atoms with Crippen molar-refractivity contribution in [3.8, 4) is 11.1 Å². The van der Waals surface area contributed by atoms with Crippen LogP contribution >= 0.6 is 0 Å². The molecule has 0 aliphatic carbocycles. The summed E-state index contributed by atoms with van der Waals surface area (Å²) >= 11 is 0. The van der Waals surface area contributed by atoms with Gasteiger partial charge in [-0.3, -0.25) is 0 Å². The third kappa shape index (κ3) is 2.38. The van der Waals surface area contributed by atoms with E-state index in [2.05, 4.69) is 67.6 Å². The highest BCUT2D eigenvalue weighted by Gasteiger charge is 2.00. The van der Waals surface area contributed by atoms with Crippen LogP contribution in [0, 0.1) is 6.92 Å². The second kappa shape index (κ2) is 4.87. The van der Waals surface area contributed by atoms with Gasteiger partial charge < -0.3 is 5.73 Å². The van der Waals surface area contributed by atoms with Crippen molar-refractivity contribution in [1.82, 2.24) is 0 Å². The number of hydrogen-bond donors (Lipinski definition) is 1. The zero-order valence-electron chi connectivity index (χ0n) is 11.1. The molecule has 0 bridgehead atoms. The largest absolute Gasteiger partial charge is 0.326 e. The van der Waals surface area contributed by atoms with Crippen molar-refractivity contribution in [2.24, 2.45) is 5.73 Å². The number of benzene rings is 3. The first-order chi connectivity index (χ1) is 9.26. The summed E-state index contributed by atoms with van der Waals surface area (Å²) in [6.07, 6.45) is 0. The summed E-state index contributed by atoms with van der Waals surface area (Å²) in [5.74, 6) is 0. The molecule has 0 saturated carbocycles. The van der Waals surface area contributed by atoms with Crippen LogP contribution in [0.5, 0.6) is 0 Å². The zero-order chi connectivity index (χ0) is 13.2. The molecular weight excluding hydrogens is 230 g/mol. The number of fused-ring (bicyclic) bond motifs is 1. The molecule has 19 heavy (non-hydrogen) atoms. The third-order valence-corrected chi connectivity index (χ3v) is 3.52. The van der Waals surface area contributed by atoms with E-state index < -0.39 is 0 Å². The first-order valence-corrected chi connectivity index (χ1v) is 6.56. The van der Waals surface area contributed by atoms with Crippen LogP contribution in [0.2, 0.25) is 0 Å². The zero-order valence-corrected chi connectivity index (χ0v) is 11.1. The van der Waals surface area contributed by atoms with Crippen LogP contribution in [0.15, 0.2) is 60.7 Å². The van der Waals surface area contributed by atoms with Crippen molar-refractivity contribution in [1.29, 1.82) is 0 Å². The van der Waals surface area contributed by atoms with Crippen LogP contribution < -0.4 is 5.73 Å². The predicted molar refractivity (Wildman–Crippen MR) is 82.0 cm³/mol. The molecule has 0 amide bonds. The molecule has 0 fully saturated rings. The van der Waals surface area contributed by atoms with Gasteiger partial charge in [0.05, 0.1) is 0 Å². The minimum Gasteiger partial charge on any atom is -0.326 e. The minimum absolute atomic E-state index is 0.595. The Morgan fingerprint density at radius 2 is 1.37 bits per heavy atom. The van der Waals surface area contributed by atoms with E-state index in [0.717, 1.165) is 0 Å². The summed E-state index contributed by atoms with van der Waals surface area (Å²) in [5.41, 5.74) is 10.6. The van der Waals surface area contributed by atoms with Gasteiger partial charge in [0, 0.05) is 6.54 Å². The van der Waals surface area contributed by atoms with E-state index in [0.29, 0.717) is 6.54 Å². The molecule has 0 aliphatic rings. The van der Waals surface area contributed by atoms with Gasteiger partial charge >= 0.3 is 0 Å². The standard InChI is InChI=1S/C18H17N/c1-13-2-5-18-11-17(9-8-16(18)10-13)15-6-3-14(12-19)4-7-15/h2-11H,12,19H2,1H3.